The fourth-order valence-electron chi connectivity index (χ4n) is 3.98. The second-order valence-corrected chi connectivity index (χ2v) is 8.16. The number of aromatic hydroxyl groups is 1. The number of hydrogen-bond donors (Lipinski definition) is 2. The summed E-state index contributed by atoms with van der Waals surface area (Å²) in [5.74, 6) is -0.494. The van der Waals surface area contributed by atoms with Gasteiger partial charge in [-0.2, -0.15) is 0 Å². The van der Waals surface area contributed by atoms with E-state index in [1.807, 2.05) is 11.4 Å². The van der Waals surface area contributed by atoms with Crippen molar-refractivity contribution >= 4 is 28.3 Å². The molecule has 0 saturated carbocycles. The summed E-state index contributed by atoms with van der Waals surface area (Å²) in [4.78, 5) is 31.3. The van der Waals surface area contributed by atoms with Crippen molar-refractivity contribution in [2.45, 2.75) is 38.5 Å². The van der Waals surface area contributed by atoms with Crippen molar-refractivity contribution < 1.29 is 14.7 Å². The lowest BCUT2D eigenvalue weighted by atomic mass is 9.89. The third-order valence-electron chi connectivity index (χ3n) is 5.43. The van der Waals surface area contributed by atoms with Crippen LogP contribution in [0, 0.1) is 5.92 Å². The van der Waals surface area contributed by atoms with Gasteiger partial charge in [-0.1, -0.05) is 0 Å². The van der Waals surface area contributed by atoms with Crippen LogP contribution < -0.4 is 5.32 Å². The maximum absolute atomic E-state index is 13.0. The van der Waals surface area contributed by atoms with E-state index in [4.69, 9.17) is 0 Å². The Morgan fingerprint density at radius 3 is 2.70 bits per heavy atom. The molecule has 1 fully saturated rings. The van der Waals surface area contributed by atoms with Crippen molar-refractivity contribution in [3.05, 3.63) is 40.4 Å². The van der Waals surface area contributed by atoms with Crippen LogP contribution in [0.2, 0.25) is 0 Å². The minimum Gasteiger partial charge on any atom is -0.507 e. The number of phenols is 1. The summed E-state index contributed by atoms with van der Waals surface area (Å²) in [6.45, 7) is 0.975. The largest absolute Gasteiger partial charge is 0.507 e. The van der Waals surface area contributed by atoms with Gasteiger partial charge >= 0.3 is 0 Å². The van der Waals surface area contributed by atoms with E-state index in [0.29, 0.717) is 23.8 Å². The van der Waals surface area contributed by atoms with Crippen LogP contribution in [0.4, 0.5) is 5.13 Å². The first-order valence-electron chi connectivity index (χ1n) is 9.46. The zero-order valence-corrected chi connectivity index (χ0v) is 15.9. The summed E-state index contributed by atoms with van der Waals surface area (Å²) in [6.07, 6.45) is 7.32. The minimum atomic E-state index is -0.258. The molecule has 0 bridgehead atoms. The number of benzene rings is 1. The normalized spacial score (nSPS) is 19.4. The molecule has 142 valence electrons. The van der Waals surface area contributed by atoms with Gasteiger partial charge in [0, 0.05) is 24.7 Å². The van der Waals surface area contributed by atoms with Gasteiger partial charge in [-0.3, -0.25) is 9.59 Å². The zero-order valence-electron chi connectivity index (χ0n) is 15.1. The van der Waals surface area contributed by atoms with Gasteiger partial charge in [0.1, 0.15) is 5.75 Å². The Bertz CT molecular complexity index is 850. The molecule has 1 aromatic carbocycles. The topological polar surface area (TPSA) is 82.5 Å². The zero-order chi connectivity index (χ0) is 18.8. The molecule has 2 aliphatic rings. The maximum atomic E-state index is 13.0. The number of fused-ring (bicyclic) bond motifs is 1. The van der Waals surface area contributed by atoms with E-state index in [-0.39, 0.29) is 23.5 Å². The predicted octanol–water partition coefficient (Wildman–Crippen LogP) is 3.22. The molecule has 1 aromatic heterocycles. The molecule has 4 rings (SSSR count). The van der Waals surface area contributed by atoms with E-state index in [1.54, 1.807) is 17.2 Å². The third kappa shape index (κ3) is 3.83. The lowest BCUT2D eigenvalue weighted by Gasteiger charge is -2.32. The van der Waals surface area contributed by atoms with Crippen LogP contribution in [0.25, 0.3) is 0 Å². The Labute approximate surface area is 162 Å². The highest BCUT2D eigenvalue weighted by molar-refractivity contribution is 7.13. The average molecular weight is 385 g/mol. The molecule has 1 saturated heterocycles. The van der Waals surface area contributed by atoms with Gasteiger partial charge in [0.05, 0.1) is 11.5 Å². The standard InChI is InChI=1S/C20H23N3O3S/c24-17-11-14-5-2-1-4-13(14)10-16(17)19(26)23-8-3-6-15(12-23)18(25)22-20-21-7-9-27-20/h7,9-11,15,24H,1-6,8,12H2,(H,21,22,25). The van der Waals surface area contributed by atoms with E-state index >= 15 is 0 Å². The molecule has 1 unspecified atom stereocenters. The van der Waals surface area contributed by atoms with Gasteiger partial charge in [0.2, 0.25) is 5.91 Å². The van der Waals surface area contributed by atoms with Crippen LogP contribution in [-0.2, 0) is 17.6 Å². The summed E-state index contributed by atoms with van der Waals surface area (Å²) in [6, 6.07) is 3.60. The first-order valence-corrected chi connectivity index (χ1v) is 10.3. The van der Waals surface area contributed by atoms with Gasteiger partial charge in [0.15, 0.2) is 5.13 Å². The van der Waals surface area contributed by atoms with Crippen molar-refractivity contribution in [2.75, 3.05) is 18.4 Å². The number of aryl methyl sites for hydroxylation is 2. The van der Waals surface area contributed by atoms with Gasteiger partial charge in [-0.15, -0.1) is 11.3 Å². The molecular formula is C20H23N3O3S. The smallest absolute Gasteiger partial charge is 0.257 e. The molecule has 1 aliphatic carbocycles. The molecule has 0 radical (unpaired) electrons. The fourth-order valence-corrected chi connectivity index (χ4v) is 4.51. The molecule has 1 atom stereocenters. The summed E-state index contributed by atoms with van der Waals surface area (Å²) in [5, 5.41) is 15.6. The Balaban J connectivity index is 1.48. The number of likely N-dealkylation sites (tertiary alicyclic amines) is 1. The van der Waals surface area contributed by atoms with Gasteiger partial charge < -0.3 is 15.3 Å². The Morgan fingerprint density at radius 1 is 1.19 bits per heavy atom. The quantitative estimate of drug-likeness (QED) is 0.850. The highest BCUT2D eigenvalue weighted by atomic mass is 32.1. The Morgan fingerprint density at radius 2 is 1.96 bits per heavy atom. The predicted molar refractivity (Wildman–Crippen MR) is 104 cm³/mol. The fraction of sp³-hybridized carbons (Fsp3) is 0.450. The number of aromatic nitrogens is 1. The monoisotopic (exact) mass is 385 g/mol. The molecule has 2 N–H and O–H groups in total. The number of hydrogen-bond acceptors (Lipinski definition) is 5. The summed E-state index contributed by atoms with van der Waals surface area (Å²) < 4.78 is 0. The van der Waals surface area contributed by atoms with Crippen molar-refractivity contribution in [3.63, 3.8) is 0 Å². The number of amides is 2. The number of carbonyl (C=O) groups excluding carboxylic acids is 2. The average Bonchev–Trinajstić information content (AvgIpc) is 3.20. The molecule has 6 nitrogen and oxygen atoms in total. The van der Waals surface area contributed by atoms with Gasteiger partial charge in [-0.25, -0.2) is 4.98 Å². The van der Waals surface area contributed by atoms with Crippen LogP contribution in [0.3, 0.4) is 0 Å². The lowest BCUT2D eigenvalue weighted by Crippen LogP contribution is -2.43. The highest BCUT2D eigenvalue weighted by Crippen LogP contribution is 2.30. The molecule has 2 heterocycles. The Hall–Kier alpha value is -2.41. The summed E-state index contributed by atoms with van der Waals surface area (Å²) in [7, 11) is 0. The number of anilines is 1. The molecular weight excluding hydrogens is 362 g/mol. The van der Waals surface area contributed by atoms with E-state index in [0.717, 1.165) is 49.7 Å². The van der Waals surface area contributed by atoms with E-state index in [9.17, 15) is 14.7 Å². The number of piperidine rings is 1. The second kappa shape index (κ2) is 7.68. The number of thiazole rings is 1. The first-order chi connectivity index (χ1) is 13.1. The molecule has 7 heteroatoms. The van der Waals surface area contributed by atoms with E-state index in [1.165, 1.54) is 11.3 Å². The van der Waals surface area contributed by atoms with Crippen molar-refractivity contribution in [3.8, 4) is 5.75 Å². The SMILES string of the molecule is O=C(Nc1nccs1)C1CCCN(C(=O)c2cc3c(cc2O)CCCC3)C1. The number of rotatable bonds is 3. The number of nitrogens with one attached hydrogen (secondary N) is 1. The van der Waals surface area contributed by atoms with Crippen molar-refractivity contribution in [1.82, 2.24) is 9.88 Å². The van der Waals surface area contributed by atoms with Crippen LogP contribution in [0.1, 0.15) is 47.2 Å². The van der Waals surface area contributed by atoms with Crippen molar-refractivity contribution in [2.24, 2.45) is 5.92 Å². The Kier molecular flexibility index (Phi) is 5.11. The number of phenolic OH excluding ortho intramolecular Hbond substituents is 1. The third-order valence-corrected chi connectivity index (χ3v) is 6.12. The number of carbonyl (C=O) groups is 2. The molecule has 1 aliphatic heterocycles. The van der Waals surface area contributed by atoms with Crippen molar-refractivity contribution in [1.29, 1.82) is 0 Å². The molecule has 2 aromatic rings. The molecule has 0 spiro atoms. The van der Waals surface area contributed by atoms with Gasteiger partial charge in [0.25, 0.3) is 5.91 Å². The van der Waals surface area contributed by atoms with Crippen LogP contribution in [0.15, 0.2) is 23.7 Å². The van der Waals surface area contributed by atoms with Crippen LogP contribution >= 0.6 is 11.3 Å². The second-order valence-electron chi connectivity index (χ2n) is 7.26. The summed E-state index contributed by atoms with van der Waals surface area (Å²) >= 11 is 1.38. The first kappa shape index (κ1) is 18.0. The lowest BCUT2D eigenvalue weighted by molar-refractivity contribution is -0.121. The molecule has 27 heavy (non-hydrogen) atoms. The van der Waals surface area contributed by atoms with E-state index < -0.39 is 0 Å². The summed E-state index contributed by atoms with van der Waals surface area (Å²) in [5.41, 5.74) is 2.67. The van der Waals surface area contributed by atoms with E-state index in [2.05, 4.69) is 10.3 Å². The molecule has 2 amide bonds. The van der Waals surface area contributed by atoms with Crippen LogP contribution in [-0.4, -0.2) is 39.9 Å². The van der Waals surface area contributed by atoms with Crippen LogP contribution in [0.5, 0.6) is 5.75 Å². The minimum absolute atomic E-state index is 0.0509. The maximum Gasteiger partial charge on any atom is 0.257 e. The van der Waals surface area contributed by atoms with Gasteiger partial charge in [-0.05, 0) is 61.8 Å². The highest BCUT2D eigenvalue weighted by Gasteiger charge is 2.30. The number of nitrogens with zero attached hydrogens (tertiary/aromatic N) is 2.